The first-order chi connectivity index (χ1) is 5.75. The molecule has 0 heterocycles. The minimum atomic E-state index is 0.558. The van der Waals surface area contributed by atoms with Gasteiger partial charge in [0.2, 0.25) is 0 Å². The highest BCUT2D eigenvalue weighted by Gasteiger charge is 2.00. The molecule has 0 aliphatic carbocycles. The monoisotopic (exact) mass is 168 g/mol. The molecule has 0 amide bonds. The van der Waals surface area contributed by atoms with Crippen LogP contribution in [0.15, 0.2) is 18.2 Å². The Kier molecular flexibility index (Phi) is 4.69. The van der Waals surface area contributed by atoms with Crippen LogP contribution in [0.5, 0.6) is 5.75 Å². The molecule has 12 heavy (non-hydrogen) atoms. The van der Waals surface area contributed by atoms with Crippen LogP contribution >= 0.6 is 0 Å². The quantitative estimate of drug-likeness (QED) is 0.629. The second kappa shape index (κ2) is 5.29. The fourth-order valence-electron chi connectivity index (χ4n) is 0.809. The molecule has 0 aliphatic rings. The SMILES string of the molecule is CC.COc1c(N)cccc1N. The molecule has 0 saturated heterocycles. The Bertz CT molecular complexity index is 216. The molecule has 1 rings (SSSR count). The maximum atomic E-state index is 5.53. The molecule has 0 aromatic heterocycles. The van der Waals surface area contributed by atoms with Gasteiger partial charge < -0.3 is 16.2 Å². The molecule has 68 valence electrons. The van der Waals surface area contributed by atoms with Crippen molar-refractivity contribution >= 4 is 11.4 Å². The predicted molar refractivity (Wildman–Crippen MR) is 53.2 cm³/mol. The van der Waals surface area contributed by atoms with Gasteiger partial charge in [-0.2, -0.15) is 0 Å². The van der Waals surface area contributed by atoms with Crippen molar-refractivity contribution in [3.8, 4) is 5.75 Å². The van der Waals surface area contributed by atoms with Crippen LogP contribution in [0.3, 0.4) is 0 Å². The fraction of sp³-hybridized carbons (Fsp3) is 0.333. The summed E-state index contributed by atoms with van der Waals surface area (Å²) in [5.41, 5.74) is 12.2. The van der Waals surface area contributed by atoms with E-state index in [0.717, 1.165) is 0 Å². The van der Waals surface area contributed by atoms with Gasteiger partial charge in [-0.3, -0.25) is 0 Å². The molecule has 1 aromatic carbocycles. The zero-order valence-electron chi connectivity index (χ0n) is 7.79. The standard InChI is InChI=1S/C7H10N2O.C2H6/c1-10-7-5(8)3-2-4-6(7)9;1-2/h2-4H,8-9H2,1H3;1-2H3. The van der Waals surface area contributed by atoms with Crippen molar-refractivity contribution in [3.63, 3.8) is 0 Å². The van der Waals surface area contributed by atoms with Crippen molar-refractivity contribution in [1.82, 2.24) is 0 Å². The van der Waals surface area contributed by atoms with Crippen LogP contribution in [-0.2, 0) is 0 Å². The molecule has 0 radical (unpaired) electrons. The molecule has 0 aliphatic heterocycles. The summed E-state index contributed by atoms with van der Waals surface area (Å²) < 4.78 is 4.93. The van der Waals surface area contributed by atoms with Gasteiger partial charge in [0.05, 0.1) is 18.5 Å². The smallest absolute Gasteiger partial charge is 0.164 e. The zero-order valence-corrected chi connectivity index (χ0v) is 7.79. The molecule has 0 atom stereocenters. The van der Waals surface area contributed by atoms with Crippen molar-refractivity contribution < 1.29 is 4.74 Å². The maximum Gasteiger partial charge on any atom is 0.164 e. The van der Waals surface area contributed by atoms with E-state index < -0.39 is 0 Å². The number of hydrogen-bond donors (Lipinski definition) is 2. The van der Waals surface area contributed by atoms with E-state index in [0.29, 0.717) is 17.1 Å². The average Bonchev–Trinajstić information content (AvgIpc) is 2.08. The normalized spacial score (nSPS) is 8.25. The van der Waals surface area contributed by atoms with Gasteiger partial charge in [0, 0.05) is 0 Å². The number of para-hydroxylation sites is 1. The van der Waals surface area contributed by atoms with Crippen molar-refractivity contribution in [1.29, 1.82) is 0 Å². The third kappa shape index (κ3) is 2.34. The number of benzene rings is 1. The lowest BCUT2D eigenvalue weighted by Gasteiger charge is -2.05. The molecule has 0 fully saturated rings. The molecule has 4 N–H and O–H groups in total. The first-order valence-corrected chi connectivity index (χ1v) is 3.93. The Morgan fingerprint density at radius 3 is 1.75 bits per heavy atom. The van der Waals surface area contributed by atoms with Crippen molar-refractivity contribution in [2.45, 2.75) is 13.8 Å². The molecule has 0 bridgehead atoms. The average molecular weight is 168 g/mol. The highest BCUT2D eigenvalue weighted by Crippen LogP contribution is 2.27. The summed E-state index contributed by atoms with van der Waals surface area (Å²) in [5.74, 6) is 0.558. The third-order valence-electron chi connectivity index (χ3n) is 1.28. The van der Waals surface area contributed by atoms with Crippen molar-refractivity contribution in [2.75, 3.05) is 18.6 Å². The van der Waals surface area contributed by atoms with Gasteiger partial charge >= 0.3 is 0 Å². The Morgan fingerprint density at radius 1 is 1.08 bits per heavy atom. The number of ether oxygens (including phenoxy) is 1. The van der Waals surface area contributed by atoms with E-state index in [1.54, 1.807) is 25.3 Å². The first-order valence-electron chi connectivity index (χ1n) is 3.93. The first kappa shape index (κ1) is 10.6. The fourth-order valence-corrected chi connectivity index (χ4v) is 0.809. The van der Waals surface area contributed by atoms with Crippen molar-refractivity contribution in [2.24, 2.45) is 0 Å². The van der Waals surface area contributed by atoms with Crippen LogP contribution in [0.25, 0.3) is 0 Å². The van der Waals surface area contributed by atoms with Crippen LogP contribution in [0.2, 0.25) is 0 Å². The predicted octanol–water partition coefficient (Wildman–Crippen LogP) is 1.89. The van der Waals surface area contributed by atoms with E-state index in [2.05, 4.69) is 0 Å². The van der Waals surface area contributed by atoms with E-state index in [-0.39, 0.29) is 0 Å². The second-order valence-corrected chi connectivity index (χ2v) is 1.97. The van der Waals surface area contributed by atoms with Crippen LogP contribution in [0, 0.1) is 0 Å². The Hall–Kier alpha value is -1.38. The summed E-state index contributed by atoms with van der Waals surface area (Å²) in [5, 5.41) is 0. The van der Waals surface area contributed by atoms with Gasteiger partial charge in [0.25, 0.3) is 0 Å². The lowest BCUT2D eigenvalue weighted by Crippen LogP contribution is -1.96. The minimum absolute atomic E-state index is 0.558. The van der Waals surface area contributed by atoms with E-state index >= 15 is 0 Å². The van der Waals surface area contributed by atoms with Gasteiger partial charge in [0.15, 0.2) is 5.75 Å². The van der Waals surface area contributed by atoms with Gasteiger partial charge in [-0.15, -0.1) is 0 Å². The molecular weight excluding hydrogens is 152 g/mol. The van der Waals surface area contributed by atoms with Crippen LogP contribution in [0.1, 0.15) is 13.8 Å². The molecule has 1 aromatic rings. The van der Waals surface area contributed by atoms with Crippen LogP contribution in [0.4, 0.5) is 11.4 Å². The number of nitrogens with two attached hydrogens (primary N) is 2. The summed E-state index contributed by atoms with van der Waals surface area (Å²) >= 11 is 0. The maximum absolute atomic E-state index is 5.53. The molecule has 0 saturated carbocycles. The lowest BCUT2D eigenvalue weighted by atomic mass is 10.2. The third-order valence-corrected chi connectivity index (χ3v) is 1.28. The number of rotatable bonds is 1. The summed E-state index contributed by atoms with van der Waals surface area (Å²) in [6.07, 6.45) is 0. The van der Waals surface area contributed by atoms with Crippen LogP contribution in [-0.4, -0.2) is 7.11 Å². The highest BCUT2D eigenvalue weighted by atomic mass is 16.5. The summed E-state index contributed by atoms with van der Waals surface area (Å²) in [4.78, 5) is 0. The highest BCUT2D eigenvalue weighted by molar-refractivity contribution is 5.66. The lowest BCUT2D eigenvalue weighted by molar-refractivity contribution is 0.419. The van der Waals surface area contributed by atoms with E-state index in [1.165, 1.54) is 0 Å². The van der Waals surface area contributed by atoms with Gasteiger partial charge in [0.1, 0.15) is 0 Å². The zero-order chi connectivity index (χ0) is 9.56. The second-order valence-electron chi connectivity index (χ2n) is 1.97. The van der Waals surface area contributed by atoms with Crippen LogP contribution < -0.4 is 16.2 Å². The van der Waals surface area contributed by atoms with E-state index in [9.17, 15) is 0 Å². The Balaban J connectivity index is 0.000000561. The number of anilines is 2. The van der Waals surface area contributed by atoms with Gasteiger partial charge in [-0.1, -0.05) is 19.9 Å². The van der Waals surface area contributed by atoms with E-state index in [1.807, 2.05) is 13.8 Å². The number of methoxy groups -OCH3 is 1. The molecule has 0 unspecified atom stereocenters. The molecule has 0 spiro atoms. The Morgan fingerprint density at radius 2 is 1.50 bits per heavy atom. The number of nitrogen functional groups attached to an aromatic ring is 2. The largest absolute Gasteiger partial charge is 0.492 e. The molecule has 3 heteroatoms. The van der Waals surface area contributed by atoms with Gasteiger partial charge in [-0.05, 0) is 12.1 Å². The summed E-state index contributed by atoms with van der Waals surface area (Å²) in [6, 6.07) is 5.28. The number of hydrogen-bond acceptors (Lipinski definition) is 3. The minimum Gasteiger partial charge on any atom is -0.492 e. The topological polar surface area (TPSA) is 61.3 Å². The molecule has 3 nitrogen and oxygen atoms in total. The van der Waals surface area contributed by atoms with E-state index in [4.69, 9.17) is 16.2 Å². The summed E-state index contributed by atoms with van der Waals surface area (Å²) in [6.45, 7) is 4.00. The Labute approximate surface area is 73.3 Å². The van der Waals surface area contributed by atoms with Gasteiger partial charge in [-0.25, -0.2) is 0 Å². The van der Waals surface area contributed by atoms with Crippen molar-refractivity contribution in [3.05, 3.63) is 18.2 Å². The summed E-state index contributed by atoms with van der Waals surface area (Å²) in [7, 11) is 1.54. The molecular formula is C9H16N2O.